The molecule has 2 amide bonds. The number of urea groups is 1. The molecule has 5 nitrogen and oxygen atoms in total. The number of anilines is 1. The van der Waals surface area contributed by atoms with Crippen molar-refractivity contribution in [1.82, 2.24) is 4.90 Å². The summed E-state index contributed by atoms with van der Waals surface area (Å²) in [5, 5.41) is 11.3. The van der Waals surface area contributed by atoms with E-state index in [0.717, 1.165) is 10.5 Å². The van der Waals surface area contributed by atoms with Crippen molar-refractivity contribution in [2.75, 3.05) is 18.9 Å². The first kappa shape index (κ1) is 14.0. The van der Waals surface area contributed by atoms with Crippen molar-refractivity contribution >= 4 is 17.7 Å². The fourth-order valence-corrected chi connectivity index (χ4v) is 1.47. The molecule has 0 aliphatic heterocycles. The molecule has 0 radical (unpaired) electrons. The Labute approximate surface area is 106 Å². The minimum atomic E-state index is -1.04. The standard InChI is InChI=1S/C13H18N2O3/c1-9(2)10-5-4-6-11(7-10)14-13(18)15(3)8-12(16)17/h4-7,9H,8H2,1-3H3,(H,14,18)(H,16,17). The number of aliphatic carboxylic acids is 1. The molecule has 18 heavy (non-hydrogen) atoms. The van der Waals surface area contributed by atoms with Crippen molar-refractivity contribution in [3.63, 3.8) is 0 Å². The molecule has 0 heterocycles. The number of amides is 2. The van der Waals surface area contributed by atoms with E-state index in [1.54, 1.807) is 6.07 Å². The van der Waals surface area contributed by atoms with Crippen LogP contribution < -0.4 is 5.32 Å². The van der Waals surface area contributed by atoms with Gasteiger partial charge in [0.05, 0.1) is 0 Å². The van der Waals surface area contributed by atoms with E-state index in [2.05, 4.69) is 19.2 Å². The number of hydrogen-bond donors (Lipinski definition) is 2. The molecule has 0 spiro atoms. The molecule has 0 saturated carbocycles. The molecule has 2 N–H and O–H groups in total. The fraction of sp³-hybridized carbons (Fsp3) is 0.385. The number of hydrogen-bond acceptors (Lipinski definition) is 2. The first-order valence-electron chi connectivity index (χ1n) is 5.74. The van der Waals surface area contributed by atoms with Gasteiger partial charge in [0.1, 0.15) is 6.54 Å². The lowest BCUT2D eigenvalue weighted by molar-refractivity contribution is -0.137. The number of nitrogens with zero attached hydrogens (tertiary/aromatic N) is 1. The van der Waals surface area contributed by atoms with Gasteiger partial charge in [0.25, 0.3) is 0 Å². The Morgan fingerprint density at radius 2 is 2.06 bits per heavy atom. The molecule has 0 fully saturated rings. The number of carboxylic acid groups (broad SMARTS) is 1. The number of benzene rings is 1. The van der Waals surface area contributed by atoms with Crippen LogP contribution in [0.25, 0.3) is 0 Å². The maximum absolute atomic E-state index is 11.7. The average molecular weight is 250 g/mol. The summed E-state index contributed by atoms with van der Waals surface area (Å²) in [5.74, 6) is -0.665. The first-order chi connectivity index (χ1) is 8.40. The van der Waals surface area contributed by atoms with Crippen LogP contribution in [-0.4, -0.2) is 35.6 Å². The van der Waals surface area contributed by atoms with Gasteiger partial charge in [0.15, 0.2) is 0 Å². The Kier molecular flexibility index (Phi) is 4.71. The quantitative estimate of drug-likeness (QED) is 0.861. The summed E-state index contributed by atoms with van der Waals surface area (Å²) in [4.78, 5) is 23.3. The van der Waals surface area contributed by atoms with Gasteiger partial charge in [-0.15, -0.1) is 0 Å². The summed E-state index contributed by atoms with van der Waals surface area (Å²) >= 11 is 0. The topological polar surface area (TPSA) is 69.6 Å². The number of carboxylic acids is 1. The maximum atomic E-state index is 11.7. The van der Waals surface area contributed by atoms with Gasteiger partial charge in [-0.05, 0) is 23.6 Å². The van der Waals surface area contributed by atoms with Gasteiger partial charge < -0.3 is 15.3 Å². The van der Waals surface area contributed by atoms with Crippen LogP contribution in [0.3, 0.4) is 0 Å². The summed E-state index contributed by atoms with van der Waals surface area (Å²) in [6.07, 6.45) is 0. The Balaban J connectivity index is 2.69. The molecule has 0 saturated heterocycles. The van der Waals surface area contributed by atoms with E-state index in [4.69, 9.17) is 5.11 Å². The van der Waals surface area contributed by atoms with Gasteiger partial charge in [-0.2, -0.15) is 0 Å². The van der Waals surface area contributed by atoms with Crippen molar-refractivity contribution in [2.45, 2.75) is 19.8 Å². The first-order valence-corrected chi connectivity index (χ1v) is 5.74. The van der Waals surface area contributed by atoms with E-state index in [0.29, 0.717) is 11.6 Å². The predicted octanol–water partition coefficient (Wildman–Crippen LogP) is 2.36. The van der Waals surface area contributed by atoms with Crippen LogP contribution in [0.4, 0.5) is 10.5 Å². The Bertz CT molecular complexity index is 444. The third-order valence-electron chi connectivity index (χ3n) is 2.52. The Morgan fingerprint density at radius 3 is 2.61 bits per heavy atom. The molecule has 1 aromatic rings. The molecule has 0 aliphatic rings. The van der Waals surface area contributed by atoms with Crippen molar-refractivity contribution in [3.8, 4) is 0 Å². The van der Waals surface area contributed by atoms with E-state index in [1.807, 2.05) is 18.2 Å². The molecule has 1 rings (SSSR count). The van der Waals surface area contributed by atoms with Gasteiger partial charge in [0, 0.05) is 12.7 Å². The van der Waals surface area contributed by atoms with E-state index >= 15 is 0 Å². The monoisotopic (exact) mass is 250 g/mol. The van der Waals surface area contributed by atoms with Crippen molar-refractivity contribution in [2.24, 2.45) is 0 Å². The molecule has 0 aromatic heterocycles. The molecule has 0 bridgehead atoms. The van der Waals surface area contributed by atoms with Crippen LogP contribution in [0.15, 0.2) is 24.3 Å². The van der Waals surface area contributed by atoms with Crippen LogP contribution in [-0.2, 0) is 4.79 Å². The third kappa shape index (κ3) is 4.08. The van der Waals surface area contributed by atoms with E-state index in [9.17, 15) is 9.59 Å². The fourth-order valence-electron chi connectivity index (χ4n) is 1.47. The second kappa shape index (κ2) is 6.05. The zero-order valence-electron chi connectivity index (χ0n) is 10.8. The molecular formula is C13H18N2O3. The second-order valence-corrected chi connectivity index (χ2v) is 4.46. The second-order valence-electron chi connectivity index (χ2n) is 4.46. The van der Waals surface area contributed by atoms with Gasteiger partial charge in [-0.1, -0.05) is 26.0 Å². The largest absolute Gasteiger partial charge is 0.480 e. The summed E-state index contributed by atoms with van der Waals surface area (Å²) in [6, 6.07) is 7.08. The minimum Gasteiger partial charge on any atom is -0.480 e. The van der Waals surface area contributed by atoms with Gasteiger partial charge in [-0.25, -0.2) is 4.79 Å². The highest BCUT2D eigenvalue weighted by molar-refractivity contribution is 5.91. The molecule has 1 aromatic carbocycles. The number of carbonyl (C=O) groups is 2. The van der Waals surface area contributed by atoms with Crippen LogP contribution >= 0.6 is 0 Å². The Morgan fingerprint density at radius 1 is 1.39 bits per heavy atom. The van der Waals surface area contributed by atoms with Crippen LogP contribution in [0, 0.1) is 0 Å². The zero-order valence-corrected chi connectivity index (χ0v) is 10.8. The molecular weight excluding hydrogens is 232 g/mol. The maximum Gasteiger partial charge on any atom is 0.323 e. The van der Waals surface area contributed by atoms with Crippen LogP contribution in [0.1, 0.15) is 25.3 Å². The highest BCUT2D eigenvalue weighted by atomic mass is 16.4. The van der Waals surface area contributed by atoms with Crippen molar-refractivity contribution < 1.29 is 14.7 Å². The van der Waals surface area contributed by atoms with E-state index in [-0.39, 0.29) is 6.54 Å². The normalized spacial score (nSPS) is 10.2. The molecule has 0 unspecified atom stereocenters. The SMILES string of the molecule is CC(C)c1cccc(NC(=O)N(C)CC(=O)O)c1. The number of rotatable bonds is 4. The lowest BCUT2D eigenvalue weighted by Gasteiger charge is -2.16. The molecule has 0 aliphatic carbocycles. The van der Waals surface area contributed by atoms with Crippen LogP contribution in [0.2, 0.25) is 0 Å². The number of likely N-dealkylation sites (N-methyl/N-ethyl adjacent to an activating group) is 1. The van der Waals surface area contributed by atoms with Crippen LogP contribution in [0.5, 0.6) is 0 Å². The highest BCUT2D eigenvalue weighted by Gasteiger charge is 2.12. The number of nitrogens with one attached hydrogen (secondary N) is 1. The predicted molar refractivity (Wildman–Crippen MR) is 69.8 cm³/mol. The van der Waals surface area contributed by atoms with Gasteiger partial charge in [-0.3, -0.25) is 4.79 Å². The van der Waals surface area contributed by atoms with E-state index < -0.39 is 12.0 Å². The summed E-state index contributed by atoms with van der Waals surface area (Å²) < 4.78 is 0. The lowest BCUT2D eigenvalue weighted by Crippen LogP contribution is -2.35. The minimum absolute atomic E-state index is 0.324. The Hall–Kier alpha value is -2.04. The van der Waals surface area contributed by atoms with Gasteiger partial charge >= 0.3 is 12.0 Å². The average Bonchev–Trinajstić information content (AvgIpc) is 2.28. The lowest BCUT2D eigenvalue weighted by atomic mass is 10.0. The highest BCUT2D eigenvalue weighted by Crippen LogP contribution is 2.18. The number of carbonyl (C=O) groups excluding carboxylic acids is 1. The molecule has 0 atom stereocenters. The van der Waals surface area contributed by atoms with Crippen molar-refractivity contribution in [1.29, 1.82) is 0 Å². The molecule has 5 heteroatoms. The zero-order chi connectivity index (χ0) is 13.7. The van der Waals surface area contributed by atoms with Crippen molar-refractivity contribution in [3.05, 3.63) is 29.8 Å². The molecule has 98 valence electrons. The smallest absolute Gasteiger partial charge is 0.323 e. The third-order valence-corrected chi connectivity index (χ3v) is 2.52. The summed E-state index contributed by atoms with van der Waals surface area (Å²) in [7, 11) is 1.44. The summed E-state index contributed by atoms with van der Waals surface area (Å²) in [5.41, 5.74) is 1.79. The van der Waals surface area contributed by atoms with E-state index in [1.165, 1.54) is 7.05 Å². The van der Waals surface area contributed by atoms with Gasteiger partial charge in [0.2, 0.25) is 0 Å². The summed E-state index contributed by atoms with van der Waals surface area (Å²) in [6.45, 7) is 3.81.